The average Bonchev–Trinajstić information content (AvgIpc) is 3.37. The molecule has 2 aliphatic rings. The van der Waals surface area contributed by atoms with Gasteiger partial charge in [-0.15, -0.1) is 0 Å². The maximum Gasteiger partial charge on any atom is 0.367 e. The topological polar surface area (TPSA) is 311 Å². The third-order valence-electron chi connectivity index (χ3n) is 6.97. The van der Waals surface area contributed by atoms with E-state index in [0.717, 1.165) is 17.1 Å². The summed E-state index contributed by atoms with van der Waals surface area (Å²) in [6.45, 7) is -1.08. The Hall–Kier alpha value is -3.98. The summed E-state index contributed by atoms with van der Waals surface area (Å²) < 4.78 is 58.2. The van der Waals surface area contributed by atoms with Crippen molar-refractivity contribution in [1.82, 2.24) is 15.5 Å². The first kappa shape index (κ1) is 41.4. The summed E-state index contributed by atoms with van der Waals surface area (Å²) >= 11 is 1.41. The van der Waals surface area contributed by atoms with Crippen LogP contribution in [0.4, 0.5) is 4.79 Å². The van der Waals surface area contributed by atoms with Crippen LogP contribution in [-0.2, 0) is 54.9 Å². The van der Waals surface area contributed by atoms with Gasteiger partial charge < -0.3 is 54.7 Å². The van der Waals surface area contributed by atoms with Crippen LogP contribution in [-0.4, -0.2) is 147 Å². The molecule has 0 aromatic heterocycles. The molecule has 1 saturated heterocycles. The van der Waals surface area contributed by atoms with Gasteiger partial charge >= 0.3 is 9.95 Å². The van der Waals surface area contributed by atoms with Gasteiger partial charge in [0.15, 0.2) is 6.10 Å². The van der Waals surface area contributed by atoms with Crippen molar-refractivity contribution in [3.05, 3.63) is 35.9 Å². The zero-order chi connectivity index (χ0) is 37.9. The predicted molar refractivity (Wildman–Crippen MR) is 174 cm³/mol. The minimum atomic E-state index is -4.72. The fourth-order valence-corrected chi connectivity index (χ4v) is 5.30. The molecule has 0 aliphatic carbocycles. The van der Waals surface area contributed by atoms with E-state index in [1.54, 1.807) is 0 Å². The first-order chi connectivity index (χ1) is 24.0. The molecule has 0 saturated carbocycles. The Morgan fingerprint density at radius 3 is 2.31 bits per heavy atom. The Kier molecular flexibility index (Phi) is 15.5. The molecule has 0 spiro atoms. The van der Waals surface area contributed by atoms with Crippen molar-refractivity contribution in [1.29, 1.82) is 0 Å². The van der Waals surface area contributed by atoms with Crippen molar-refractivity contribution in [3.63, 3.8) is 0 Å². The Morgan fingerprint density at radius 1 is 1.00 bits per heavy atom. The van der Waals surface area contributed by atoms with Crippen LogP contribution in [0.1, 0.15) is 12.0 Å². The Bertz CT molecular complexity index is 1590. The number of carboxylic acids is 1. The minimum Gasteiger partial charge on any atom is -0.491 e. The summed E-state index contributed by atoms with van der Waals surface area (Å²) in [6.07, 6.45) is -7.67. The Morgan fingerprint density at radius 2 is 1.69 bits per heavy atom. The van der Waals surface area contributed by atoms with E-state index in [1.165, 1.54) is 40.8 Å². The van der Waals surface area contributed by atoms with E-state index in [-0.39, 0.29) is 51.0 Å². The summed E-state index contributed by atoms with van der Waals surface area (Å²) in [6, 6.07) is 2.37. The molecule has 1 fully saturated rings. The first-order valence-electron chi connectivity index (χ1n) is 14.8. The smallest absolute Gasteiger partial charge is 0.367 e. The molecule has 0 unspecified atom stereocenters. The lowest BCUT2D eigenvalue weighted by molar-refractivity contribution is -0.271. The molecule has 2 aliphatic heterocycles. The number of rotatable bonds is 19. The Labute approximate surface area is 302 Å². The van der Waals surface area contributed by atoms with Crippen LogP contribution in [0.25, 0.3) is 0 Å². The number of carbonyl (C=O) groups is 6. The third kappa shape index (κ3) is 12.9. The highest BCUT2D eigenvalue weighted by Gasteiger charge is 2.48. The molecule has 282 valence electrons. The summed E-state index contributed by atoms with van der Waals surface area (Å²) in [5.41, 5.74) is 0.353. The number of benzene rings is 1. The number of amides is 4. The number of halogens is 1. The number of imide groups is 1. The van der Waals surface area contributed by atoms with Crippen molar-refractivity contribution < 1.29 is 85.8 Å². The quantitative estimate of drug-likeness (QED) is 0.0243. The molecule has 2 heterocycles. The number of ether oxygens (including phenoxy) is 5. The second-order valence-corrected chi connectivity index (χ2v) is 13.1. The molecule has 6 atom stereocenters. The van der Waals surface area contributed by atoms with Crippen LogP contribution in [0.15, 0.2) is 30.4 Å². The van der Waals surface area contributed by atoms with Gasteiger partial charge in [-0.1, -0.05) is 0 Å². The molecule has 0 bridgehead atoms. The van der Waals surface area contributed by atoms with Crippen LogP contribution >= 0.6 is 22.6 Å². The maximum absolute atomic E-state index is 12.6. The number of aliphatic hydroxyl groups excluding tert-OH is 3. The summed E-state index contributed by atoms with van der Waals surface area (Å²) in [5, 5.41) is 43.9. The second kappa shape index (κ2) is 19.0. The summed E-state index contributed by atoms with van der Waals surface area (Å²) in [4.78, 5) is 71.6. The number of carbonyl (C=O) groups excluding carboxylic acids is 5. The highest BCUT2D eigenvalue weighted by Crippen LogP contribution is 2.30. The van der Waals surface area contributed by atoms with Crippen LogP contribution in [0.5, 0.6) is 11.5 Å². The summed E-state index contributed by atoms with van der Waals surface area (Å²) in [5.74, 6) is -5.82. The largest absolute Gasteiger partial charge is 0.491 e. The fraction of sp³-hybridized carbons (Fsp3) is 0.500. The number of carboxylic acid groups (broad SMARTS) is 1. The fourth-order valence-electron chi connectivity index (χ4n) is 4.49. The molecule has 1 aromatic carbocycles. The number of aliphatic hydroxyl groups is 3. The molecule has 21 nitrogen and oxygen atoms in total. The second-order valence-electron chi connectivity index (χ2n) is 10.7. The van der Waals surface area contributed by atoms with Crippen LogP contribution < -0.4 is 20.1 Å². The van der Waals surface area contributed by atoms with Crippen molar-refractivity contribution in [2.24, 2.45) is 0 Å². The lowest BCUT2D eigenvalue weighted by Gasteiger charge is -2.38. The van der Waals surface area contributed by atoms with Crippen LogP contribution in [0.3, 0.4) is 0 Å². The summed E-state index contributed by atoms with van der Waals surface area (Å²) in [7, 11) is -4.72. The zero-order valence-corrected chi connectivity index (χ0v) is 29.3. The number of hydrogen-bond donors (Lipinski definition) is 7. The molecule has 3 rings (SSSR count). The van der Waals surface area contributed by atoms with E-state index < -0.39 is 92.6 Å². The number of hydrogen-bond acceptors (Lipinski definition) is 16. The highest BCUT2D eigenvalue weighted by molar-refractivity contribution is 14.1. The molecule has 1 aromatic rings. The van der Waals surface area contributed by atoms with Crippen molar-refractivity contribution >= 4 is 66.3 Å². The monoisotopic (exact) mass is 859 g/mol. The van der Waals surface area contributed by atoms with E-state index in [2.05, 4.69) is 10.6 Å². The zero-order valence-electron chi connectivity index (χ0n) is 26.3. The Balaban J connectivity index is 1.50. The number of aliphatic carboxylic acids is 1. The highest BCUT2D eigenvalue weighted by atomic mass is 127. The molecule has 51 heavy (non-hydrogen) atoms. The van der Waals surface area contributed by atoms with Gasteiger partial charge in [-0.2, -0.15) is 8.42 Å². The number of nitrogens with zero attached hydrogens (tertiary/aromatic N) is 1. The van der Waals surface area contributed by atoms with Gasteiger partial charge in [0.25, 0.3) is 21.9 Å². The van der Waals surface area contributed by atoms with Crippen molar-refractivity contribution in [3.8, 4) is 11.5 Å². The molecular weight excluding hydrogens is 825 g/mol. The molecule has 0 radical (unpaired) electrons. The van der Waals surface area contributed by atoms with Crippen molar-refractivity contribution in [2.45, 2.75) is 49.8 Å². The van der Waals surface area contributed by atoms with Crippen LogP contribution in [0.2, 0.25) is 0 Å². The minimum absolute atomic E-state index is 0.0310. The lowest BCUT2D eigenvalue weighted by atomic mass is 9.99. The third-order valence-corrected chi connectivity index (χ3v) is 8.03. The first-order valence-corrected chi connectivity index (χ1v) is 17.5. The van der Waals surface area contributed by atoms with E-state index in [9.17, 15) is 62.2 Å². The van der Waals surface area contributed by atoms with Crippen molar-refractivity contribution in [2.75, 3.05) is 38.7 Å². The maximum atomic E-state index is 12.6. The van der Waals surface area contributed by atoms with E-state index >= 15 is 0 Å². The SMILES string of the molecule is O=C(CCN1C(=O)C=CC1=O)N[C@@H](CS(=O)(=O)O)C(=O)NCCOCCOc1cc(O[C@@H]2O[C@H](C(=O)O)[C@@H](O)[C@H](O)[C@H]2O)ccc1COC(=O)I. The predicted octanol–water partition coefficient (Wildman–Crippen LogP) is -2.77. The van der Waals surface area contributed by atoms with Gasteiger partial charge in [0.1, 0.15) is 54.8 Å². The normalized spacial score (nSPS) is 22.3. The lowest BCUT2D eigenvalue weighted by Crippen LogP contribution is -2.61. The van der Waals surface area contributed by atoms with Gasteiger partial charge in [0.2, 0.25) is 18.1 Å². The van der Waals surface area contributed by atoms with Gasteiger partial charge in [0, 0.05) is 43.3 Å². The van der Waals surface area contributed by atoms with Gasteiger partial charge in [0.05, 0.1) is 35.8 Å². The number of nitrogens with one attached hydrogen (secondary N) is 2. The van der Waals surface area contributed by atoms with Gasteiger partial charge in [-0.05, 0) is 12.1 Å². The van der Waals surface area contributed by atoms with Crippen LogP contribution in [0, 0.1) is 0 Å². The molecular formula is C28H34IN3O18S. The molecule has 4 amide bonds. The molecule has 23 heteroatoms. The average molecular weight is 860 g/mol. The van der Waals surface area contributed by atoms with E-state index in [0.29, 0.717) is 5.56 Å². The van der Waals surface area contributed by atoms with E-state index in [1.807, 2.05) is 0 Å². The standard InChI is InChI=1S/C28H34IN3O18S/c29-28(42)48-12-14-1-2-15(49-27-23(38)21(36)22(37)24(50-27)26(40)41)11-17(14)47-10-9-46-8-6-30-25(39)16(13-51(43,44)45)31-18(33)5-7-32-19(34)3-4-20(32)35/h1-4,11,16,21-24,27,36-38H,5-10,12-13H2,(H,30,39)(H,31,33)(H,40,41)(H,43,44,45)/t16-,21-,22-,23+,24-,27+/m0/s1. The van der Waals surface area contributed by atoms with Gasteiger partial charge in [-0.3, -0.25) is 28.6 Å². The van der Waals surface area contributed by atoms with E-state index in [4.69, 9.17) is 23.7 Å². The van der Waals surface area contributed by atoms with Gasteiger partial charge in [-0.25, -0.2) is 9.59 Å². The molecule has 7 N–H and O–H groups in total.